The summed E-state index contributed by atoms with van der Waals surface area (Å²) in [5.74, 6) is 0.0592. The van der Waals surface area contributed by atoms with Crippen molar-refractivity contribution in [3.63, 3.8) is 0 Å². The van der Waals surface area contributed by atoms with Crippen LogP contribution < -0.4 is 15.5 Å². The van der Waals surface area contributed by atoms with Gasteiger partial charge < -0.3 is 10.1 Å². The molecule has 1 unspecified atom stereocenters. The van der Waals surface area contributed by atoms with E-state index >= 15 is 0 Å². The molecule has 0 aromatic heterocycles. The lowest BCUT2D eigenvalue weighted by atomic mass is 9.82. The molecular weight excluding hydrogens is 358 g/mol. The van der Waals surface area contributed by atoms with Crippen LogP contribution in [0.2, 0.25) is 0 Å². The number of urea groups is 1. The Morgan fingerprint density at radius 3 is 2.46 bits per heavy atom. The zero-order chi connectivity index (χ0) is 20.5. The van der Waals surface area contributed by atoms with Gasteiger partial charge in [0.05, 0.1) is 0 Å². The number of hydrazine groups is 1. The van der Waals surface area contributed by atoms with E-state index in [0.29, 0.717) is 24.5 Å². The minimum atomic E-state index is -0.865. The number of amides is 4. The highest BCUT2D eigenvalue weighted by Gasteiger charge is 2.52. The Kier molecular flexibility index (Phi) is 5.63. The average molecular weight is 387 g/mol. The number of rotatable bonds is 5. The van der Waals surface area contributed by atoms with E-state index in [0.717, 1.165) is 29.8 Å². The summed E-state index contributed by atoms with van der Waals surface area (Å²) >= 11 is 0. The van der Waals surface area contributed by atoms with Gasteiger partial charge in [-0.05, 0) is 55.9 Å². The minimum absolute atomic E-state index is 0.380. The number of carbonyl (C=O) groups is 3. The van der Waals surface area contributed by atoms with E-state index in [9.17, 15) is 14.4 Å². The predicted molar refractivity (Wildman–Crippen MR) is 105 cm³/mol. The maximum atomic E-state index is 12.7. The van der Waals surface area contributed by atoms with Crippen LogP contribution in [-0.4, -0.2) is 34.5 Å². The van der Waals surface area contributed by atoms with Crippen molar-refractivity contribution in [1.82, 2.24) is 15.8 Å². The molecular formula is C21H29N3O4. The van der Waals surface area contributed by atoms with Crippen molar-refractivity contribution in [3.8, 4) is 5.75 Å². The number of hydrogen-bond acceptors (Lipinski definition) is 4. The van der Waals surface area contributed by atoms with Crippen molar-refractivity contribution >= 4 is 17.8 Å². The van der Waals surface area contributed by atoms with Crippen LogP contribution in [0.4, 0.5) is 4.79 Å². The van der Waals surface area contributed by atoms with Crippen molar-refractivity contribution in [2.75, 3.05) is 0 Å². The number of aryl methyl sites for hydroxylation is 1. The van der Waals surface area contributed by atoms with E-state index in [4.69, 9.17) is 4.74 Å². The lowest BCUT2D eigenvalue weighted by Gasteiger charge is -2.30. The first-order valence-corrected chi connectivity index (χ1v) is 9.98. The third-order valence-corrected chi connectivity index (χ3v) is 5.64. The van der Waals surface area contributed by atoms with Gasteiger partial charge >= 0.3 is 6.03 Å². The Hall–Kier alpha value is -2.57. The smallest absolute Gasteiger partial charge is 0.344 e. The lowest BCUT2D eigenvalue weighted by Crippen LogP contribution is -2.53. The molecule has 1 saturated heterocycles. The number of nitrogens with zero attached hydrogens (tertiary/aromatic N) is 1. The Balaban J connectivity index is 1.63. The van der Waals surface area contributed by atoms with Gasteiger partial charge in [0, 0.05) is 0 Å². The van der Waals surface area contributed by atoms with Gasteiger partial charge in [0.2, 0.25) is 0 Å². The predicted octanol–water partition coefficient (Wildman–Crippen LogP) is 3.17. The summed E-state index contributed by atoms with van der Waals surface area (Å²) in [6, 6.07) is 5.13. The summed E-state index contributed by atoms with van der Waals surface area (Å²) in [4.78, 5) is 37.5. The lowest BCUT2D eigenvalue weighted by molar-refractivity contribution is -0.142. The SMILES string of the molecule is Cc1cc(OC(C)C(=O)NN2C(=O)NC3(CCCCC3)C2=O)ccc1C(C)C. The maximum absolute atomic E-state index is 12.7. The first-order valence-electron chi connectivity index (χ1n) is 9.98. The van der Waals surface area contributed by atoms with E-state index in [1.807, 2.05) is 25.1 Å². The van der Waals surface area contributed by atoms with Crippen molar-refractivity contribution in [3.05, 3.63) is 29.3 Å². The van der Waals surface area contributed by atoms with Crippen LogP contribution in [0.15, 0.2) is 18.2 Å². The van der Waals surface area contributed by atoms with Crippen LogP contribution >= 0.6 is 0 Å². The highest BCUT2D eigenvalue weighted by Crippen LogP contribution is 2.33. The van der Waals surface area contributed by atoms with E-state index in [1.54, 1.807) is 6.92 Å². The molecule has 1 saturated carbocycles. The average Bonchev–Trinajstić information content (AvgIpc) is 2.86. The molecule has 1 atom stereocenters. The Morgan fingerprint density at radius 1 is 1.18 bits per heavy atom. The molecule has 28 heavy (non-hydrogen) atoms. The first kappa shape index (κ1) is 20.2. The Morgan fingerprint density at radius 2 is 1.86 bits per heavy atom. The molecule has 7 nitrogen and oxygen atoms in total. The molecule has 152 valence electrons. The van der Waals surface area contributed by atoms with Gasteiger partial charge in [-0.25, -0.2) is 4.79 Å². The van der Waals surface area contributed by atoms with Gasteiger partial charge in [-0.2, -0.15) is 5.01 Å². The molecule has 0 bridgehead atoms. The third kappa shape index (κ3) is 3.84. The number of benzene rings is 1. The molecule has 1 aromatic carbocycles. The van der Waals surface area contributed by atoms with Gasteiger partial charge in [0.1, 0.15) is 11.3 Å². The van der Waals surface area contributed by atoms with E-state index in [2.05, 4.69) is 24.6 Å². The molecule has 2 fully saturated rings. The van der Waals surface area contributed by atoms with Crippen molar-refractivity contribution in [2.45, 2.75) is 77.4 Å². The maximum Gasteiger partial charge on any atom is 0.344 e. The quantitative estimate of drug-likeness (QED) is 0.760. The molecule has 0 radical (unpaired) electrons. The standard InChI is InChI=1S/C21H29N3O4/c1-13(2)17-9-8-16(12-14(17)3)28-15(4)18(25)23-24-19(26)21(22-20(24)27)10-6-5-7-11-21/h8-9,12-13,15H,5-7,10-11H2,1-4H3,(H,22,27)(H,23,25). The molecule has 7 heteroatoms. The fourth-order valence-electron chi connectivity index (χ4n) is 4.04. The van der Waals surface area contributed by atoms with Gasteiger partial charge in [0.15, 0.2) is 6.10 Å². The monoisotopic (exact) mass is 387 g/mol. The highest BCUT2D eigenvalue weighted by atomic mass is 16.5. The summed E-state index contributed by atoms with van der Waals surface area (Å²) in [6.07, 6.45) is 3.19. The number of hydrogen-bond donors (Lipinski definition) is 2. The minimum Gasteiger partial charge on any atom is -0.481 e. The van der Waals surface area contributed by atoms with Gasteiger partial charge in [-0.1, -0.05) is 39.2 Å². The molecule has 4 amide bonds. The van der Waals surface area contributed by atoms with Crippen LogP contribution in [0.3, 0.4) is 0 Å². The largest absolute Gasteiger partial charge is 0.481 e. The van der Waals surface area contributed by atoms with Crippen LogP contribution in [-0.2, 0) is 9.59 Å². The van der Waals surface area contributed by atoms with E-state index < -0.39 is 23.6 Å². The fourth-order valence-corrected chi connectivity index (χ4v) is 4.04. The van der Waals surface area contributed by atoms with Crippen molar-refractivity contribution in [1.29, 1.82) is 0 Å². The number of ether oxygens (including phenoxy) is 1. The zero-order valence-electron chi connectivity index (χ0n) is 17.0. The topological polar surface area (TPSA) is 87.7 Å². The molecule has 3 rings (SSSR count). The van der Waals surface area contributed by atoms with E-state index in [-0.39, 0.29) is 5.91 Å². The number of nitrogens with one attached hydrogen (secondary N) is 2. The summed E-state index contributed by atoms with van der Waals surface area (Å²) in [5, 5.41) is 3.58. The highest BCUT2D eigenvalue weighted by molar-refractivity contribution is 6.08. The number of imide groups is 1. The first-order chi connectivity index (χ1) is 13.2. The fraction of sp³-hybridized carbons (Fsp3) is 0.571. The second kappa shape index (κ2) is 7.81. The molecule has 1 spiro atoms. The van der Waals surface area contributed by atoms with Crippen LogP contribution in [0, 0.1) is 6.92 Å². The van der Waals surface area contributed by atoms with Crippen molar-refractivity contribution in [2.24, 2.45) is 0 Å². The van der Waals surface area contributed by atoms with Gasteiger partial charge in [-0.15, -0.1) is 0 Å². The number of carbonyl (C=O) groups excluding carboxylic acids is 3. The summed E-state index contributed by atoms with van der Waals surface area (Å²) in [5.41, 5.74) is 3.87. The summed E-state index contributed by atoms with van der Waals surface area (Å²) in [7, 11) is 0. The molecule has 2 aliphatic rings. The van der Waals surface area contributed by atoms with Gasteiger partial charge in [-0.3, -0.25) is 15.0 Å². The van der Waals surface area contributed by atoms with Gasteiger partial charge in [0.25, 0.3) is 11.8 Å². The third-order valence-electron chi connectivity index (χ3n) is 5.64. The second-order valence-corrected chi connectivity index (χ2v) is 8.12. The summed E-state index contributed by atoms with van der Waals surface area (Å²) < 4.78 is 5.73. The van der Waals surface area contributed by atoms with Crippen LogP contribution in [0.1, 0.15) is 69.9 Å². The molecule has 1 aliphatic carbocycles. The summed E-state index contributed by atoms with van der Waals surface area (Å²) in [6.45, 7) is 7.84. The molecule has 1 heterocycles. The van der Waals surface area contributed by atoms with Crippen molar-refractivity contribution < 1.29 is 19.1 Å². The molecule has 1 aliphatic heterocycles. The van der Waals surface area contributed by atoms with Crippen LogP contribution in [0.5, 0.6) is 5.75 Å². The molecule has 2 N–H and O–H groups in total. The Labute approximate surface area is 165 Å². The second-order valence-electron chi connectivity index (χ2n) is 8.12. The van der Waals surface area contributed by atoms with Crippen LogP contribution in [0.25, 0.3) is 0 Å². The zero-order valence-corrected chi connectivity index (χ0v) is 17.0. The normalized spacial score (nSPS) is 19.7. The van der Waals surface area contributed by atoms with E-state index in [1.165, 1.54) is 5.56 Å². The Bertz CT molecular complexity index is 784. The molecule has 1 aromatic rings.